The van der Waals surface area contributed by atoms with E-state index in [2.05, 4.69) is 37.3 Å². The lowest BCUT2D eigenvalue weighted by Gasteiger charge is -2.23. The first-order valence-corrected chi connectivity index (χ1v) is 6.51. The highest BCUT2D eigenvalue weighted by atomic mass is 14.7. The molecule has 1 aromatic rings. The van der Waals surface area contributed by atoms with E-state index in [0.717, 1.165) is 6.54 Å². The third-order valence-electron chi connectivity index (χ3n) is 3.39. The zero-order valence-corrected chi connectivity index (χ0v) is 10.2. The number of benzene rings is 1. The topological polar surface area (TPSA) is 12.4 Å². The number of nitrogens with zero attached hydrogens (tertiary/aromatic N) is 1. The van der Waals surface area contributed by atoms with Crippen LogP contribution in [0.1, 0.15) is 44.6 Å². The van der Waals surface area contributed by atoms with Crippen molar-refractivity contribution < 1.29 is 0 Å². The lowest BCUT2D eigenvalue weighted by atomic mass is 9.83. The van der Waals surface area contributed by atoms with E-state index in [1.807, 2.05) is 0 Å². The Kier molecular flexibility index (Phi) is 4.15. The lowest BCUT2D eigenvalue weighted by molar-refractivity contribution is 0.439. The average Bonchev–Trinajstić information content (AvgIpc) is 2.38. The molecule has 0 spiro atoms. The predicted molar refractivity (Wildman–Crippen MR) is 70.1 cm³/mol. The second-order valence-corrected chi connectivity index (χ2v) is 4.56. The van der Waals surface area contributed by atoms with E-state index < -0.39 is 0 Å². The van der Waals surface area contributed by atoms with Crippen LogP contribution in [0.15, 0.2) is 35.3 Å². The second kappa shape index (κ2) is 5.83. The van der Waals surface area contributed by atoms with Crippen LogP contribution in [0.5, 0.6) is 0 Å². The maximum atomic E-state index is 4.73. The third-order valence-corrected chi connectivity index (χ3v) is 3.39. The Morgan fingerprint density at radius 1 is 1.12 bits per heavy atom. The molecule has 1 aliphatic rings. The highest BCUT2D eigenvalue weighted by Gasteiger charge is 2.19. The first-order valence-electron chi connectivity index (χ1n) is 6.51. The van der Waals surface area contributed by atoms with Gasteiger partial charge in [-0.3, -0.25) is 4.99 Å². The van der Waals surface area contributed by atoms with Crippen molar-refractivity contribution in [2.45, 2.75) is 39.0 Å². The summed E-state index contributed by atoms with van der Waals surface area (Å²) in [6, 6.07) is 10.7. The van der Waals surface area contributed by atoms with E-state index in [-0.39, 0.29) is 0 Å². The fraction of sp³-hybridized carbons (Fsp3) is 0.533. The number of hydrogen-bond acceptors (Lipinski definition) is 1. The summed E-state index contributed by atoms with van der Waals surface area (Å²) in [4.78, 5) is 4.73. The van der Waals surface area contributed by atoms with E-state index in [1.54, 1.807) is 0 Å². The molecule has 0 bridgehead atoms. The van der Waals surface area contributed by atoms with E-state index in [9.17, 15) is 0 Å². The van der Waals surface area contributed by atoms with Crippen molar-refractivity contribution in [3.05, 3.63) is 35.9 Å². The van der Waals surface area contributed by atoms with Gasteiger partial charge in [-0.15, -0.1) is 0 Å². The Balaban J connectivity index is 2.20. The zero-order chi connectivity index (χ0) is 11.2. The van der Waals surface area contributed by atoms with E-state index >= 15 is 0 Å². The van der Waals surface area contributed by atoms with Crippen LogP contribution in [0.3, 0.4) is 0 Å². The smallest absolute Gasteiger partial charge is 0.0451 e. The maximum Gasteiger partial charge on any atom is 0.0451 e. The van der Waals surface area contributed by atoms with Crippen LogP contribution in [0.25, 0.3) is 0 Å². The molecule has 1 fully saturated rings. The Morgan fingerprint density at radius 3 is 2.44 bits per heavy atom. The van der Waals surface area contributed by atoms with Crippen molar-refractivity contribution in [3.63, 3.8) is 0 Å². The van der Waals surface area contributed by atoms with E-state index in [0.29, 0.717) is 5.92 Å². The van der Waals surface area contributed by atoms with Crippen LogP contribution in [0, 0.1) is 5.92 Å². The summed E-state index contributed by atoms with van der Waals surface area (Å²) in [5, 5.41) is 0. The van der Waals surface area contributed by atoms with Gasteiger partial charge in [-0.25, -0.2) is 0 Å². The molecule has 1 heteroatoms. The van der Waals surface area contributed by atoms with Gasteiger partial charge in [0.1, 0.15) is 0 Å². The molecule has 0 radical (unpaired) electrons. The van der Waals surface area contributed by atoms with E-state index in [4.69, 9.17) is 4.99 Å². The molecule has 1 aliphatic carbocycles. The lowest BCUT2D eigenvalue weighted by Crippen LogP contribution is -2.19. The summed E-state index contributed by atoms with van der Waals surface area (Å²) in [6.07, 6.45) is 6.81. The molecule has 0 saturated heterocycles. The third kappa shape index (κ3) is 2.72. The minimum atomic E-state index is 0.705. The van der Waals surface area contributed by atoms with Crippen molar-refractivity contribution in [1.82, 2.24) is 0 Å². The van der Waals surface area contributed by atoms with Gasteiger partial charge in [-0.1, -0.05) is 49.6 Å². The van der Waals surface area contributed by atoms with Crippen molar-refractivity contribution >= 4 is 5.71 Å². The Labute approximate surface area is 98.6 Å². The van der Waals surface area contributed by atoms with Gasteiger partial charge in [-0.2, -0.15) is 0 Å². The van der Waals surface area contributed by atoms with Gasteiger partial charge < -0.3 is 0 Å². The van der Waals surface area contributed by atoms with Gasteiger partial charge in [0.05, 0.1) is 0 Å². The molecule has 1 aromatic carbocycles. The number of aliphatic imine (C=N–C) groups is 1. The van der Waals surface area contributed by atoms with Gasteiger partial charge in [0.25, 0.3) is 0 Å². The van der Waals surface area contributed by atoms with Gasteiger partial charge in [-0.05, 0) is 25.3 Å². The molecule has 16 heavy (non-hydrogen) atoms. The minimum absolute atomic E-state index is 0.705. The molecule has 0 atom stereocenters. The van der Waals surface area contributed by atoms with Gasteiger partial charge in [0.15, 0.2) is 0 Å². The molecule has 86 valence electrons. The Hall–Kier alpha value is -1.11. The molecule has 0 aromatic heterocycles. The van der Waals surface area contributed by atoms with E-state index in [1.165, 1.54) is 43.4 Å². The molecule has 0 N–H and O–H groups in total. The highest BCUT2D eigenvalue weighted by molar-refractivity contribution is 6.02. The summed E-state index contributed by atoms with van der Waals surface area (Å²) >= 11 is 0. The normalized spacial score (nSPS) is 18.7. The summed E-state index contributed by atoms with van der Waals surface area (Å²) in [5.74, 6) is 0.705. The van der Waals surface area contributed by atoms with Crippen LogP contribution in [0.2, 0.25) is 0 Å². The molecular weight excluding hydrogens is 194 g/mol. The zero-order valence-electron chi connectivity index (χ0n) is 10.2. The molecule has 0 unspecified atom stereocenters. The van der Waals surface area contributed by atoms with Gasteiger partial charge in [0.2, 0.25) is 0 Å². The van der Waals surface area contributed by atoms with Crippen LogP contribution in [-0.4, -0.2) is 12.3 Å². The SMILES string of the molecule is CCN=C(c1ccccc1)C1CCCCC1. The second-order valence-electron chi connectivity index (χ2n) is 4.56. The van der Waals surface area contributed by atoms with Crippen LogP contribution < -0.4 is 0 Å². The first-order chi connectivity index (χ1) is 7.92. The minimum Gasteiger partial charge on any atom is -0.289 e. The first kappa shape index (κ1) is 11.4. The fourth-order valence-corrected chi connectivity index (χ4v) is 2.61. The maximum absolute atomic E-state index is 4.73. The largest absolute Gasteiger partial charge is 0.289 e. The molecule has 1 nitrogen and oxygen atoms in total. The van der Waals surface area contributed by atoms with Crippen LogP contribution >= 0.6 is 0 Å². The van der Waals surface area contributed by atoms with Gasteiger partial charge in [0, 0.05) is 18.2 Å². The number of hydrogen-bond donors (Lipinski definition) is 0. The van der Waals surface area contributed by atoms with Crippen molar-refractivity contribution in [2.24, 2.45) is 10.9 Å². The molecule has 0 amide bonds. The molecule has 1 saturated carbocycles. The Bertz CT molecular complexity index is 334. The van der Waals surface area contributed by atoms with Crippen LogP contribution in [-0.2, 0) is 0 Å². The average molecular weight is 215 g/mol. The molecular formula is C15H21N. The fourth-order valence-electron chi connectivity index (χ4n) is 2.61. The standard InChI is InChI=1S/C15H21N/c1-2-16-15(13-9-5-3-6-10-13)14-11-7-4-8-12-14/h3,5-6,9-10,14H,2,4,7-8,11-12H2,1H3. The van der Waals surface area contributed by atoms with Gasteiger partial charge >= 0.3 is 0 Å². The van der Waals surface area contributed by atoms with Crippen LogP contribution in [0.4, 0.5) is 0 Å². The summed E-state index contributed by atoms with van der Waals surface area (Å²) < 4.78 is 0. The predicted octanol–water partition coefficient (Wildman–Crippen LogP) is 4.08. The monoisotopic (exact) mass is 215 g/mol. The molecule has 2 rings (SSSR count). The van der Waals surface area contributed by atoms with Crippen molar-refractivity contribution in [3.8, 4) is 0 Å². The van der Waals surface area contributed by atoms with Crippen molar-refractivity contribution in [2.75, 3.05) is 6.54 Å². The summed E-state index contributed by atoms with van der Waals surface area (Å²) in [7, 11) is 0. The van der Waals surface area contributed by atoms with Crippen molar-refractivity contribution in [1.29, 1.82) is 0 Å². The number of rotatable bonds is 3. The Morgan fingerprint density at radius 2 is 1.81 bits per heavy atom. The molecule has 0 heterocycles. The molecule has 0 aliphatic heterocycles. The summed E-state index contributed by atoms with van der Waals surface area (Å²) in [6.45, 7) is 3.03. The quantitative estimate of drug-likeness (QED) is 0.674. The highest BCUT2D eigenvalue weighted by Crippen LogP contribution is 2.27. The summed E-state index contributed by atoms with van der Waals surface area (Å²) in [5.41, 5.74) is 2.68.